The lowest BCUT2D eigenvalue weighted by Crippen LogP contribution is -2.14. The SMILES string of the molecule is N/C(=N\OCCCOc1ccc2c(c1)OCO2)c1cccnc1. The highest BCUT2D eigenvalue weighted by Crippen LogP contribution is 2.35. The van der Waals surface area contributed by atoms with Crippen molar-refractivity contribution in [2.75, 3.05) is 20.0 Å². The molecule has 2 N–H and O–H groups in total. The first kappa shape index (κ1) is 15.0. The number of fused-ring (bicyclic) bond motifs is 1. The van der Waals surface area contributed by atoms with E-state index in [9.17, 15) is 0 Å². The Morgan fingerprint density at radius 1 is 1.22 bits per heavy atom. The summed E-state index contributed by atoms with van der Waals surface area (Å²) in [4.78, 5) is 9.14. The van der Waals surface area contributed by atoms with Gasteiger partial charge in [0.25, 0.3) is 0 Å². The number of aromatic nitrogens is 1. The van der Waals surface area contributed by atoms with Crippen LogP contribution in [0.1, 0.15) is 12.0 Å². The number of hydrogen-bond donors (Lipinski definition) is 1. The molecule has 0 unspecified atom stereocenters. The predicted molar refractivity (Wildman–Crippen MR) is 83.6 cm³/mol. The average Bonchev–Trinajstić information content (AvgIpc) is 3.06. The summed E-state index contributed by atoms with van der Waals surface area (Å²) in [5.74, 6) is 2.47. The van der Waals surface area contributed by atoms with Crippen molar-refractivity contribution in [3.8, 4) is 17.2 Å². The lowest BCUT2D eigenvalue weighted by molar-refractivity contribution is 0.127. The van der Waals surface area contributed by atoms with Crippen molar-refractivity contribution >= 4 is 5.84 Å². The number of amidine groups is 1. The van der Waals surface area contributed by atoms with Crippen LogP contribution in [0.2, 0.25) is 0 Å². The first-order valence-corrected chi connectivity index (χ1v) is 7.21. The molecular weight excluding hydrogens is 298 g/mol. The molecule has 1 aliphatic rings. The summed E-state index contributed by atoms with van der Waals surface area (Å²) in [6.07, 6.45) is 3.98. The first-order chi connectivity index (χ1) is 11.3. The van der Waals surface area contributed by atoms with E-state index in [1.54, 1.807) is 18.5 Å². The number of nitrogens with zero attached hydrogens (tertiary/aromatic N) is 2. The summed E-state index contributed by atoms with van der Waals surface area (Å²) in [6.45, 7) is 1.16. The summed E-state index contributed by atoms with van der Waals surface area (Å²) in [5, 5.41) is 3.85. The Morgan fingerprint density at radius 2 is 2.13 bits per heavy atom. The van der Waals surface area contributed by atoms with Gasteiger partial charge in [0.2, 0.25) is 6.79 Å². The quantitative estimate of drug-likeness (QED) is 0.363. The standard InChI is InChI=1S/C16H17N3O4/c17-16(12-3-1-6-18-10-12)19-23-8-2-7-20-13-4-5-14-15(9-13)22-11-21-14/h1,3-6,9-10H,2,7-8,11H2,(H2,17,19). The number of ether oxygens (including phenoxy) is 3. The van der Waals surface area contributed by atoms with Gasteiger partial charge in [-0.15, -0.1) is 0 Å². The van der Waals surface area contributed by atoms with Crippen LogP contribution in [-0.4, -0.2) is 30.8 Å². The van der Waals surface area contributed by atoms with Crippen molar-refractivity contribution in [3.63, 3.8) is 0 Å². The maximum Gasteiger partial charge on any atom is 0.231 e. The topological polar surface area (TPSA) is 88.2 Å². The molecule has 23 heavy (non-hydrogen) atoms. The van der Waals surface area contributed by atoms with E-state index in [4.69, 9.17) is 24.8 Å². The molecule has 120 valence electrons. The van der Waals surface area contributed by atoms with Crippen molar-refractivity contribution in [3.05, 3.63) is 48.3 Å². The van der Waals surface area contributed by atoms with E-state index in [1.165, 1.54) is 0 Å². The molecule has 0 saturated heterocycles. The zero-order valence-corrected chi connectivity index (χ0v) is 12.5. The van der Waals surface area contributed by atoms with Crippen LogP contribution in [0.25, 0.3) is 0 Å². The van der Waals surface area contributed by atoms with Gasteiger partial charge in [-0.3, -0.25) is 4.98 Å². The van der Waals surface area contributed by atoms with Crippen LogP contribution in [0, 0.1) is 0 Å². The van der Waals surface area contributed by atoms with Crippen LogP contribution in [0.15, 0.2) is 47.9 Å². The molecule has 0 fully saturated rings. The normalized spacial score (nSPS) is 13.0. The molecule has 0 bridgehead atoms. The molecule has 0 saturated carbocycles. The first-order valence-electron chi connectivity index (χ1n) is 7.21. The molecule has 3 rings (SSSR count). The molecule has 0 spiro atoms. The molecule has 7 heteroatoms. The van der Waals surface area contributed by atoms with Gasteiger partial charge in [-0.25, -0.2) is 0 Å². The fraction of sp³-hybridized carbons (Fsp3) is 0.250. The second-order valence-corrected chi connectivity index (χ2v) is 4.77. The monoisotopic (exact) mass is 315 g/mol. The van der Waals surface area contributed by atoms with Crippen molar-refractivity contribution in [1.82, 2.24) is 4.98 Å². The molecule has 0 amide bonds. The Bertz CT molecular complexity index is 676. The largest absolute Gasteiger partial charge is 0.493 e. The number of rotatable bonds is 7. The number of hydrogen-bond acceptors (Lipinski definition) is 6. The van der Waals surface area contributed by atoms with Gasteiger partial charge in [-0.2, -0.15) is 0 Å². The fourth-order valence-electron chi connectivity index (χ4n) is 1.96. The van der Waals surface area contributed by atoms with E-state index < -0.39 is 0 Å². The van der Waals surface area contributed by atoms with Gasteiger partial charge in [-0.05, 0) is 24.3 Å². The van der Waals surface area contributed by atoms with Crippen molar-refractivity contribution in [2.24, 2.45) is 10.9 Å². The van der Waals surface area contributed by atoms with Crippen molar-refractivity contribution in [1.29, 1.82) is 0 Å². The Labute approximate surface area is 133 Å². The Morgan fingerprint density at radius 3 is 3.00 bits per heavy atom. The maximum absolute atomic E-state index is 5.78. The lowest BCUT2D eigenvalue weighted by atomic mass is 10.3. The molecule has 0 radical (unpaired) electrons. The summed E-state index contributed by atoms with van der Waals surface area (Å²) in [5.41, 5.74) is 6.51. The van der Waals surface area contributed by atoms with Crippen molar-refractivity contribution < 1.29 is 19.0 Å². The summed E-state index contributed by atoms with van der Waals surface area (Å²) >= 11 is 0. The van der Waals surface area contributed by atoms with Gasteiger partial charge in [0.15, 0.2) is 17.3 Å². The third-order valence-corrected chi connectivity index (χ3v) is 3.11. The number of nitrogens with two attached hydrogens (primary N) is 1. The number of benzene rings is 1. The minimum Gasteiger partial charge on any atom is -0.493 e. The fourth-order valence-corrected chi connectivity index (χ4v) is 1.96. The number of oxime groups is 1. The second kappa shape index (κ2) is 7.35. The smallest absolute Gasteiger partial charge is 0.231 e. The van der Waals surface area contributed by atoms with Crippen LogP contribution in [-0.2, 0) is 4.84 Å². The van der Waals surface area contributed by atoms with Crippen LogP contribution in [0.3, 0.4) is 0 Å². The predicted octanol–water partition coefficient (Wildman–Crippen LogP) is 1.92. The van der Waals surface area contributed by atoms with Crippen LogP contribution < -0.4 is 19.9 Å². The van der Waals surface area contributed by atoms with Crippen LogP contribution in [0.5, 0.6) is 17.2 Å². The van der Waals surface area contributed by atoms with Crippen LogP contribution >= 0.6 is 0 Å². The molecule has 1 aromatic carbocycles. The van der Waals surface area contributed by atoms with Gasteiger partial charge in [0.05, 0.1) is 6.61 Å². The van der Waals surface area contributed by atoms with E-state index in [0.717, 1.165) is 17.1 Å². The molecule has 1 aromatic heterocycles. The highest BCUT2D eigenvalue weighted by Gasteiger charge is 2.13. The Kier molecular flexibility index (Phi) is 4.78. The third-order valence-electron chi connectivity index (χ3n) is 3.11. The zero-order valence-electron chi connectivity index (χ0n) is 12.5. The van der Waals surface area contributed by atoms with Gasteiger partial charge in [0.1, 0.15) is 12.4 Å². The van der Waals surface area contributed by atoms with Crippen molar-refractivity contribution in [2.45, 2.75) is 6.42 Å². The van der Waals surface area contributed by atoms with Gasteiger partial charge in [0, 0.05) is 30.4 Å². The minimum atomic E-state index is 0.253. The van der Waals surface area contributed by atoms with E-state index >= 15 is 0 Å². The molecular formula is C16H17N3O4. The van der Waals surface area contributed by atoms with Crippen LogP contribution in [0.4, 0.5) is 0 Å². The average molecular weight is 315 g/mol. The van der Waals surface area contributed by atoms with E-state index in [2.05, 4.69) is 10.1 Å². The Hall–Kier alpha value is -2.96. The summed E-state index contributed by atoms with van der Waals surface area (Å²) in [7, 11) is 0. The molecule has 2 aromatic rings. The molecule has 2 heterocycles. The molecule has 1 aliphatic heterocycles. The van der Waals surface area contributed by atoms with E-state index in [-0.39, 0.29) is 6.79 Å². The van der Waals surface area contributed by atoms with Gasteiger partial charge >= 0.3 is 0 Å². The lowest BCUT2D eigenvalue weighted by Gasteiger charge is -2.06. The second-order valence-electron chi connectivity index (χ2n) is 4.77. The molecule has 0 atom stereocenters. The van der Waals surface area contributed by atoms with E-state index in [0.29, 0.717) is 31.2 Å². The van der Waals surface area contributed by atoms with Gasteiger partial charge < -0.3 is 24.8 Å². The zero-order chi connectivity index (χ0) is 15.9. The van der Waals surface area contributed by atoms with E-state index in [1.807, 2.05) is 24.3 Å². The Balaban J connectivity index is 1.37. The highest BCUT2D eigenvalue weighted by atomic mass is 16.7. The number of pyridine rings is 1. The summed E-state index contributed by atoms with van der Waals surface area (Å²) < 4.78 is 16.1. The molecule has 0 aliphatic carbocycles. The minimum absolute atomic E-state index is 0.253. The maximum atomic E-state index is 5.78. The van der Waals surface area contributed by atoms with Gasteiger partial charge in [-0.1, -0.05) is 5.16 Å². The molecule has 7 nitrogen and oxygen atoms in total. The third kappa shape index (κ3) is 4.03. The summed E-state index contributed by atoms with van der Waals surface area (Å²) in [6, 6.07) is 9.08. The highest BCUT2D eigenvalue weighted by molar-refractivity contribution is 5.96.